The number of carbonyl (C=O) groups excluding carboxylic acids is 2. The van der Waals surface area contributed by atoms with E-state index in [2.05, 4.69) is 59.8 Å². The van der Waals surface area contributed by atoms with E-state index in [1.807, 2.05) is 24.3 Å². The second-order valence-corrected chi connectivity index (χ2v) is 9.41. The van der Waals surface area contributed by atoms with E-state index in [1.165, 1.54) is 5.56 Å². The topological polar surface area (TPSA) is 88.7 Å². The Morgan fingerprint density at radius 1 is 1.00 bits per heavy atom. The van der Waals surface area contributed by atoms with Crippen molar-refractivity contribution in [1.82, 2.24) is 16.2 Å². The number of ether oxygens (including phenoxy) is 2. The third kappa shape index (κ3) is 9.39. The van der Waals surface area contributed by atoms with Gasteiger partial charge in [-0.2, -0.15) is 0 Å². The number of benzene rings is 2. The predicted octanol–water partition coefficient (Wildman–Crippen LogP) is 4.71. The van der Waals surface area contributed by atoms with Crippen LogP contribution in [0, 0.1) is 5.92 Å². The zero-order valence-electron chi connectivity index (χ0n) is 19.2. The SMILES string of the molecule is CC(C)CCOc1ccc(C(=O)NC(=S)NNC(=O)COc2ccc(C(C)C)cc2)cc1Br. The standard InChI is InChI=1S/C24H30BrN3O4S/c1-15(2)11-12-31-21-10-7-18(13-20(21)25)23(30)26-24(33)28-27-22(29)14-32-19-8-5-17(6-9-19)16(3)4/h5-10,13,15-16H,11-12,14H2,1-4H3,(H,27,29)(H2,26,28,30,33). The molecule has 2 amide bonds. The van der Waals surface area contributed by atoms with Crippen LogP contribution in [0.2, 0.25) is 0 Å². The van der Waals surface area contributed by atoms with Crippen molar-refractivity contribution in [2.45, 2.75) is 40.0 Å². The van der Waals surface area contributed by atoms with Crippen LogP contribution in [0.5, 0.6) is 11.5 Å². The summed E-state index contributed by atoms with van der Waals surface area (Å²) in [6.07, 6.45) is 0.940. The van der Waals surface area contributed by atoms with Gasteiger partial charge in [0.25, 0.3) is 11.8 Å². The molecule has 0 saturated carbocycles. The van der Waals surface area contributed by atoms with Gasteiger partial charge in [-0.05, 0) is 82.3 Å². The molecule has 0 fully saturated rings. The van der Waals surface area contributed by atoms with Crippen molar-refractivity contribution in [3.63, 3.8) is 0 Å². The van der Waals surface area contributed by atoms with Crippen LogP contribution in [0.25, 0.3) is 0 Å². The summed E-state index contributed by atoms with van der Waals surface area (Å²) in [4.78, 5) is 24.4. The Labute approximate surface area is 208 Å². The summed E-state index contributed by atoms with van der Waals surface area (Å²) in [5.74, 6) is 1.37. The number of nitrogens with one attached hydrogen (secondary N) is 3. The third-order valence-corrected chi connectivity index (χ3v) is 5.43. The predicted molar refractivity (Wildman–Crippen MR) is 136 cm³/mol. The van der Waals surface area contributed by atoms with Gasteiger partial charge in [0.15, 0.2) is 11.7 Å². The molecule has 178 valence electrons. The van der Waals surface area contributed by atoms with E-state index in [0.29, 0.717) is 40.0 Å². The molecule has 0 aliphatic rings. The van der Waals surface area contributed by atoms with Gasteiger partial charge in [0.05, 0.1) is 11.1 Å². The first-order valence-corrected chi connectivity index (χ1v) is 11.9. The first kappa shape index (κ1) is 26.6. The lowest BCUT2D eigenvalue weighted by Crippen LogP contribution is -2.49. The van der Waals surface area contributed by atoms with Gasteiger partial charge in [-0.15, -0.1) is 0 Å². The van der Waals surface area contributed by atoms with E-state index in [0.717, 1.165) is 6.42 Å². The molecule has 0 aliphatic heterocycles. The lowest BCUT2D eigenvalue weighted by molar-refractivity contribution is -0.123. The van der Waals surface area contributed by atoms with E-state index in [4.69, 9.17) is 21.7 Å². The fraction of sp³-hybridized carbons (Fsp3) is 0.375. The Morgan fingerprint density at radius 3 is 2.30 bits per heavy atom. The van der Waals surface area contributed by atoms with Crippen LogP contribution in [0.4, 0.5) is 0 Å². The molecule has 0 aliphatic carbocycles. The molecule has 0 saturated heterocycles. The summed E-state index contributed by atoms with van der Waals surface area (Å²) < 4.78 is 11.8. The zero-order chi connectivity index (χ0) is 24.4. The molecular weight excluding hydrogens is 506 g/mol. The van der Waals surface area contributed by atoms with Crippen LogP contribution in [-0.2, 0) is 4.79 Å². The van der Waals surface area contributed by atoms with Crippen molar-refractivity contribution < 1.29 is 19.1 Å². The summed E-state index contributed by atoms with van der Waals surface area (Å²) in [5, 5.41) is 2.47. The Kier molecular flexibility index (Phi) is 10.6. The van der Waals surface area contributed by atoms with Gasteiger partial charge >= 0.3 is 0 Å². The molecule has 0 radical (unpaired) electrons. The molecule has 0 unspecified atom stereocenters. The normalized spacial score (nSPS) is 10.6. The minimum absolute atomic E-state index is 0.0389. The summed E-state index contributed by atoms with van der Waals surface area (Å²) in [6.45, 7) is 8.87. The Morgan fingerprint density at radius 2 is 1.70 bits per heavy atom. The molecule has 0 bridgehead atoms. The van der Waals surface area contributed by atoms with E-state index in [-0.39, 0.29) is 11.7 Å². The van der Waals surface area contributed by atoms with Crippen molar-refractivity contribution >= 4 is 45.1 Å². The molecule has 0 spiro atoms. The third-order valence-electron chi connectivity index (χ3n) is 4.61. The molecular formula is C24H30BrN3O4S. The van der Waals surface area contributed by atoms with E-state index in [9.17, 15) is 9.59 Å². The van der Waals surface area contributed by atoms with Gasteiger partial charge in [0.2, 0.25) is 0 Å². The zero-order valence-corrected chi connectivity index (χ0v) is 21.6. The lowest BCUT2D eigenvalue weighted by atomic mass is 10.0. The number of amides is 2. The van der Waals surface area contributed by atoms with E-state index >= 15 is 0 Å². The first-order valence-electron chi connectivity index (χ1n) is 10.7. The van der Waals surface area contributed by atoms with Gasteiger partial charge in [-0.25, -0.2) is 0 Å². The molecule has 9 heteroatoms. The first-order chi connectivity index (χ1) is 15.7. The van der Waals surface area contributed by atoms with Crippen molar-refractivity contribution in [1.29, 1.82) is 0 Å². The maximum atomic E-state index is 12.4. The molecule has 33 heavy (non-hydrogen) atoms. The number of halogens is 1. The fourth-order valence-electron chi connectivity index (χ4n) is 2.63. The van der Waals surface area contributed by atoms with Crippen LogP contribution < -0.4 is 25.6 Å². The molecule has 7 nitrogen and oxygen atoms in total. The minimum Gasteiger partial charge on any atom is -0.492 e. The largest absolute Gasteiger partial charge is 0.492 e. The lowest BCUT2D eigenvalue weighted by Gasteiger charge is -2.13. The van der Waals surface area contributed by atoms with Crippen molar-refractivity contribution in [2.24, 2.45) is 5.92 Å². The van der Waals surface area contributed by atoms with Crippen LogP contribution in [0.15, 0.2) is 46.9 Å². The van der Waals surface area contributed by atoms with Crippen LogP contribution >= 0.6 is 28.1 Å². The number of hydrogen-bond donors (Lipinski definition) is 3. The molecule has 3 N–H and O–H groups in total. The average Bonchev–Trinajstić information content (AvgIpc) is 2.77. The maximum absolute atomic E-state index is 12.4. The highest BCUT2D eigenvalue weighted by Crippen LogP contribution is 2.26. The smallest absolute Gasteiger partial charge is 0.276 e. The van der Waals surface area contributed by atoms with Crippen LogP contribution in [0.3, 0.4) is 0 Å². The Hall–Kier alpha value is -2.65. The Balaban J connectivity index is 1.75. The second kappa shape index (κ2) is 13.2. The molecule has 2 aromatic rings. The summed E-state index contributed by atoms with van der Waals surface area (Å²) >= 11 is 8.49. The van der Waals surface area contributed by atoms with Gasteiger partial charge in [-0.1, -0.05) is 39.8 Å². The highest BCUT2D eigenvalue weighted by molar-refractivity contribution is 9.10. The van der Waals surface area contributed by atoms with Crippen molar-refractivity contribution in [3.05, 3.63) is 58.1 Å². The highest BCUT2D eigenvalue weighted by atomic mass is 79.9. The van der Waals surface area contributed by atoms with Gasteiger partial charge in [0, 0.05) is 5.56 Å². The molecule has 0 aromatic heterocycles. The number of hydrazine groups is 1. The van der Waals surface area contributed by atoms with E-state index < -0.39 is 11.8 Å². The number of hydrogen-bond acceptors (Lipinski definition) is 5. The molecule has 2 rings (SSSR count). The van der Waals surface area contributed by atoms with E-state index in [1.54, 1.807) is 18.2 Å². The number of rotatable bonds is 9. The van der Waals surface area contributed by atoms with Crippen LogP contribution in [0.1, 0.15) is 56.0 Å². The van der Waals surface area contributed by atoms with Crippen LogP contribution in [-0.4, -0.2) is 30.1 Å². The van der Waals surface area contributed by atoms with Crippen molar-refractivity contribution in [2.75, 3.05) is 13.2 Å². The average molecular weight is 536 g/mol. The number of thiocarbonyl (C=S) groups is 1. The second-order valence-electron chi connectivity index (χ2n) is 8.15. The summed E-state index contributed by atoms with van der Waals surface area (Å²) in [6, 6.07) is 12.6. The maximum Gasteiger partial charge on any atom is 0.276 e. The Bertz CT molecular complexity index is 965. The minimum atomic E-state index is -0.440. The van der Waals surface area contributed by atoms with Gasteiger partial charge in [-0.3, -0.25) is 25.8 Å². The molecule has 0 atom stereocenters. The summed E-state index contributed by atoms with van der Waals surface area (Å²) in [7, 11) is 0. The highest BCUT2D eigenvalue weighted by Gasteiger charge is 2.12. The fourth-order valence-corrected chi connectivity index (χ4v) is 3.27. The van der Waals surface area contributed by atoms with Gasteiger partial charge < -0.3 is 9.47 Å². The number of carbonyl (C=O) groups is 2. The summed E-state index contributed by atoms with van der Waals surface area (Å²) in [5.41, 5.74) is 6.46. The quantitative estimate of drug-likeness (QED) is 0.318. The van der Waals surface area contributed by atoms with Crippen molar-refractivity contribution in [3.8, 4) is 11.5 Å². The monoisotopic (exact) mass is 535 g/mol. The van der Waals surface area contributed by atoms with Gasteiger partial charge in [0.1, 0.15) is 11.5 Å². The molecule has 2 aromatic carbocycles. The molecule has 0 heterocycles.